The van der Waals surface area contributed by atoms with Gasteiger partial charge in [0.2, 0.25) is 0 Å². The Hall–Kier alpha value is -1.61. The van der Waals surface area contributed by atoms with E-state index in [0.717, 1.165) is 0 Å². The molecule has 0 fully saturated rings. The van der Waals surface area contributed by atoms with Gasteiger partial charge in [-0.05, 0) is 5.53 Å². The molecule has 0 saturated heterocycles. The van der Waals surface area contributed by atoms with Crippen LogP contribution < -0.4 is 0 Å². The number of allylic oxidation sites excluding steroid dienone is 1. The van der Waals surface area contributed by atoms with Crippen molar-refractivity contribution in [3.05, 3.63) is 22.2 Å². The molecule has 1 rings (SSSR count). The number of hydrogen-bond donors (Lipinski definition) is 0. The third kappa shape index (κ3) is 1.14. The zero-order valence-electron chi connectivity index (χ0n) is 4.35. The minimum Gasteiger partial charge on any atom is -0.267 e. The zero-order valence-corrected chi connectivity index (χ0v) is 4.35. The highest BCUT2D eigenvalue weighted by Gasteiger charge is 2.01. The van der Waals surface area contributed by atoms with Crippen LogP contribution in [0.15, 0.2) is 21.9 Å². The van der Waals surface area contributed by atoms with E-state index in [1.807, 2.05) is 0 Å². The summed E-state index contributed by atoms with van der Waals surface area (Å²) in [5.74, 6) is -0.377. The standard InChI is InChI=1S/C4H2N4O/c5-8-7-3-1-4(9)6-2-3/h1-2H. The molecule has 0 aromatic heterocycles. The molecule has 1 aliphatic heterocycles. The monoisotopic (exact) mass is 122 g/mol. The summed E-state index contributed by atoms with van der Waals surface area (Å²) in [5.41, 5.74) is 8.12. The van der Waals surface area contributed by atoms with Gasteiger partial charge in [0, 0.05) is 17.2 Å². The van der Waals surface area contributed by atoms with Gasteiger partial charge >= 0.3 is 0 Å². The summed E-state index contributed by atoms with van der Waals surface area (Å²) < 4.78 is 0. The minimum atomic E-state index is -0.377. The SMILES string of the molecule is [N-]=[N+]=NC1=CC(=O)N=C1. The fourth-order valence-corrected chi connectivity index (χ4v) is 0.437. The molecular weight excluding hydrogens is 120 g/mol. The highest BCUT2D eigenvalue weighted by Crippen LogP contribution is 2.00. The van der Waals surface area contributed by atoms with E-state index in [4.69, 9.17) is 5.53 Å². The van der Waals surface area contributed by atoms with E-state index < -0.39 is 0 Å². The van der Waals surface area contributed by atoms with Crippen molar-refractivity contribution in [2.75, 3.05) is 0 Å². The van der Waals surface area contributed by atoms with Gasteiger partial charge in [0.15, 0.2) is 0 Å². The number of rotatable bonds is 1. The third-order valence-corrected chi connectivity index (χ3v) is 0.756. The normalized spacial score (nSPS) is 15.1. The van der Waals surface area contributed by atoms with Crippen LogP contribution in [0.25, 0.3) is 10.4 Å². The number of hydrogen-bond acceptors (Lipinski definition) is 2. The van der Waals surface area contributed by atoms with E-state index in [1.165, 1.54) is 12.3 Å². The van der Waals surface area contributed by atoms with Gasteiger partial charge in [0.25, 0.3) is 5.91 Å². The quantitative estimate of drug-likeness (QED) is 0.287. The van der Waals surface area contributed by atoms with Crippen LogP contribution in [0, 0.1) is 0 Å². The van der Waals surface area contributed by atoms with E-state index >= 15 is 0 Å². The van der Waals surface area contributed by atoms with Gasteiger partial charge in [-0.3, -0.25) is 4.79 Å². The highest BCUT2D eigenvalue weighted by molar-refractivity contribution is 6.06. The van der Waals surface area contributed by atoms with Crippen molar-refractivity contribution >= 4 is 12.1 Å². The van der Waals surface area contributed by atoms with Crippen LogP contribution in [0.4, 0.5) is 0 Å². The maximum Gasteiger partial charge on any atom is 0.270 e. The molecule has 0 spiro atoms. The maximum absolute atomic E-state index is 10.3. The Morgan fingerprint density at radius 1 is 1.78 bits per heavy atom. The lowest BCUT2D eigenvalue weighted by atomic mass is 10.5. The average molecular weight is 122 g/mol. The molecule has 0 atom stereocenters. The number of amides is 1. The van der Waals surface area contributed by atoms with E-state index in [-0.39, 0.29) is 11.6 Å². The second-order valence-electron chi connectivity index (χ2n) is 1.36. The lowest BCUT2D eigenvalue weighted by Gasteiger charge is -1.72. The molecule has 9 heavy (non-hydrogen) atoms. The van der Waals surface area contributed by atoms with E-state index in [2.05, 4.69) is 15.0 Å². The predicted octanol–water partition coefficient (Wildman–Crippen LogP) is 0.792. The molecule has 44 valence electrons. The Labute approximate surface area is 50.3 Å². The minimum absolute atomic E-state index is 0.266. The molecule has 0 aromatic rings. The summed E-state index contributed by atoms with van der Waals surface area (Å²) in [6.45, 7) is 0. The lowest BCUT2D eigenvalue weighted by Crippen LogP contribution is -1.76. The van der Waals surface area contributed by atoms with Gasteiger partial charge in [-0.2, -0.15) is 0 Å². The molecule has 0 unspecified atom stereocenters. The average Bonchev–Trinajstić information content (AvgIpc) is 2.17. The Kier molecular flexibility index (Phi) is 1.29. The Bertz CT molecular complexity index is 245. The first-order valence-corrected chi connectivity index (χ1v) is 2.18. The Morgan fingerprint density at radius 3 is 3.00 bits per heavy atom. The van der Waals surface area contributed by atoms with Crippen LogP contribution in [0.1, 0.15) is 0 Å². The second-order valence-corrected chi connectivity index (χ2v) is 1.36. The Balaban J connectivity index is 2.87. The molecule has 0 saturated carbocycles. The van der Waals surface area contributed by atoms with Crippen molar-refractivity contribution in [2.45, 2.75) is 0 Å². The lowest BCUT2D eigenvalue weighted by molar-refractivity contribution is -0.113. The molecule has 0 aliphatic carbocycles. The molecule has 0 aromatic carbocycles. The van der Waals surface area contributed by atoms with Crippen LogP contribution in [0.5, 0.6) is 0 Å². The van der Waals surface area contributed by atoms with Crippen LogP contribution >= 0.6 is 0 Å². The van der Waals surface area contributed by atoms with E-state index in [0.29, 0.717) is 0 Å². The largest absolute Gasteiger partial charge is 0.270 e. The van der Waals surface area contributed by atoms with Gasteiger partial charge in [0.1, 0.15) is 0 Å². The van der Waals surface area contributed by atoms with Crippen molar-refractivity contribution in [1.29, 1.82) is 0 Å². The molecule has 5 heteroatoms. The number of carbonyl (C=O) groups excluding carboxylic acids is 1. The molecular formula is C4H2N4O. The fraction of sp³-hybridized carbons (Fsp3) is 0. The van der Waals surface area contributed by atoms with Crippen molar-refractivity contribution < 1.29 is 4.79 Å². The summed E-state index contributed by atoms with van der Waals surface area (Å²) >= 11 is 0. The van der Waals surface area contributed by atoms with Gasteiger partial charge in [-0.15, -0.1) is 0 Å². The maximum atomic E-state index is 10.3. The molecule has 5 nitrogen and oxygen atoms in total. The van der Waals surface area contributed by atoms with Crippen molar-refractivity contribution in [2.24, 2.45) is 10.1 Å². The molecule has 0 bridgehead atoms. The molecule has 0 N–H and O–H groups in total. The van der Waals surface area contributed by atoms with Crippen molar-refractivity contribution in [3.63, 3.8) is 0 Å². The van der Waals surface area contributed by atoms with Crippen LogP contribution in [-0.2, 0) is 4.79 Å². The van der Waals surface area contributed by atoms with Gasteiger partial charge in [-0.1, -0.05) is 5.11 Å². The van der Waals surface area contributed by atoms with Crippen LogP contribution in [-0.4, -0.2) is 12.1 Å². The number of nitrogens with zero attached hydrogens (tertiary/aromatic N) is 4. The molecule has 1 heterocycles. The fourth-order valence-electron chi connectivity index (χ4n) is 0.437. The highest BCUT2D eigenvalue weighted by atomic mass is 16.1. The van der Waals surface area contributed by atoms with E-state index in [1.54, 1.807) is 0 Å². The van der Waals surface area contributed by atoms with Gasteiger partial charge in [0.05, 0.1) is 5.70 Å². The van der Waals surface area contributed by atoms with Gasteiger partial charge in [-0.25, -0.2) is 4.99 Å². The molecule has 0 radical (unpaired) electrons. The smallest absolute Gasteiger partial charge is 0.267 e. The molecule has 1 amide bonds. The first-order valence-electron chi connectivity index (χ1n) is 2.18. The zero-order chi connectivity index (χ0) is 6.69. The van der Waals surface area contributed by atoms with Crippen molar-refractivity contribution in [1.82, 2.24) is 0 Å². The predicted molar refractivity (Wildman–Crippen MR) is 30.7 cm³/mol. The van der Waals surface area contributed by atoms with E-state index in [9.17, 15) is 4.79 Å². The number of azide groups is 1. The first-order chi connectivity index (χ1) is 4.33. The second kappa shape index (κ2) is 2.11. The first kappa shape index (κ1) is 5.53. The molecule has 1 aliphatic rings. The van der Waals surface area contributed by atoms with Crippen molar-refractivity contribution in [3.8, 4) is 0 Å². The Morgan fingerprint density at radius 2 is 2.56 bits per heavy atom. The summed E-state index contributed by atoms with van der Waals surface area (Å²) in [6, 6.07) is 0. The van der Waals surface area contributed by atoms with Gasteiger partial charge < -0.3 is 0 Å². The summed E-state index contributed by atoms with van der Waals surface area (Å²) in [5, 5.41) is 3.15. The van der Waals surface area contributed by atoms with Crippen LogP contribution in [0.3, 0.4) is 0 Å². The summed E-state index contributed by atoms with van der Waals surface area (Å²) in [4.78, 5) is 16.1. The summed E-state index contributed by atoms with van der Waals surface area (Å²) in [6.07, 6.45) is 2.39. The van der Waals surface area contributed by atoms with Crippen LogP contribution in [0.2, 0.25) is 0 Å². The summed E-state index contributed by atoms with van der Waals surface area (Å²) in [7, 11) is 0. The third-order valence-electron chi connectivity index (χ3n) is 0.756. The topological polar surface area (TPSA) is 78.2 Å². The number of aliphatic imine (C=N–C) groups is 1. The number of carbonyl (C=O) groups is 1.